The predicted molar refractivity (Wildman–Crippen MR) is 61.9 cm³/mol. The highest BCUT2D eigenvalue weighted by atomic mass is 16.5. The van der Waals surface area contributed by atoms with E-state index in [2.05, 4.69) is 5.16 Å². The lowest BCUT2D eigenvalue weighted by molar-refractivity contribution is 0.296. The van der Waals surface area contributed by atoms with Crippen LogP contribution in [0, 0.1) is 12.8 Å². The summed E-state index contributed by atoms with van der Waals surface area (Å²) < 4.78 is 5.74. The number of rotatable bonds is 4. The largest absolute Gasteiger partial charge is 0.492 e. The second-order valence-corrected chi connectivity index (χ2v) is 4.19. The third-order valence-electron chi connectivity index (χ3n) is 2.76. The van der Waals surface area contributed by atoms with Crippen LogP contribution >= 0.6 is 0 Å². The van der Waals surface area contributed by atoms with Crippen molar-refractivity contribution >= 4 is 5.84 Å². The van der Waals surface area contributed by atoms with Gasteiger partial charge in [0.15, 0.2) is 5.84 Å². The maximum absolute atomic E-state index is 8.70. The summed E-state index contributed by atoms with van der Waals surface area (Å²) in [5, 5.41) is 11.7. The SMILES string of the molecule is Cc1cccc(/C(N)=N/O)c1OCC1CC1. The Morgan fingerprint density at radius 1 is 1.56 bits per heavy atom. The van der Waals surface area contributed by atoms with Crippen molar-refractivity contribution in [3.8, 4) is 5.75 Å². The first-order valence-electron chi connectivity index (χ1n) is 5.42. The van der Waals surface area contributed by atoms with Crippen LogP contribution in [0.2, 0.25) is 0 Å². The number of hydrogen-bond acceptors (Lipinski definition) is 3. The summed E-state index contributed by atoms with van der Waals surface area (Å²) >= 11 is 0. The maximum Gasteiger partial charge on any atom is 0.173 e. The molecule has 0 heterocycles. The summed E-state index contributed by atoms with van der Waals surface area (Å²) in [4.78, 5) is 0. The Hall–Kier alpha value is -1.71. The predicted octanol–water partition coefficient (Wildman–Crippen LogP) is 1.88. The highest BCUT2D eigenvalue weighted by Gasteiger charge is 2.23. The van der Waals surface area contributed by atoms with E-state index in [4.69, 9.17) is 15.7 Å². The molecule has 16 heavy (non-hydrogen) atoms. The van der Waals surface area contributed by atoms with E-state index in [1.807, 2.05) is 19.1 Å². The van der Waals surface area contributed by atoms with E-state index in [-0.39, 0.29) is 5.84 Å². The van der Waals surface area contributed by atoms with Gasteiger partial charge in [0, 0.05) is 0 Å². The molecule has 0 atom stereocenters. The van der Waals surface area contributed by atoms with Crippen molar-refractivity contribution in [1.29, 1.82) is 0 Å². The summed E-state index contributed by atoms with van der Waals surface area (Å²) in [5.74, 6) is 1.50. The summed E-state index contributed by atoms with van der Waals surface area (Å²) in [5.41, 5.74) is 7.27. The summed E-state index contributed by atoms with van der Waals surface area (Å²) in [7, 11) is 0. The van der Waals surface area contributed by atoms with Gasteiger partial charge in [0.05, 0.1) is 12.2 Å². The Morgan fingerprint density at radius 3 is 2.94 bits per heavy atom. The molecule has 0 spiro atoms. The van der Waals surface area contributed by atoms with E-state index in [0.717, 1.165) is 17.9 Å². The molecule has 3 N–H and O–H groups in total. The van der Waals surface area contributed by atoms with Gasteiger partial charge in [-0.05, 0) is 37.3 Å². The van der Waals surface area contributed by atoms with Crippen molar-refractivity contribution < 1.29 is 9.94 Å². The van der Waals surface area contributed by atoms with E-state index >= 15 is 0 Å². The molecule has 0 aromatic heterocycles. The number of nitrogens with zero attached hydrogens (tertiary/aromatic N) is 1. The Kier molecular flexibility index (Phi) is 2.99. The van der Waals surface area contributed by atoms with Gasteiger partial charge >= 0.3 is 0 Å². The monoisotopic (exact) mass is 220 g/mol. The van der Waals surface area contributed by atoms with Gasteiger partial charge in [-0.15, -0.1) is 0 Å². The molecule has 1 aliphatic carbocycles. The molecule has 1 fully saturated rings. The minimum Gasteiger partial charge on any atom is -0.492 e. The first-order valence-corrected chi connectivity index (χ1v) is 5.42. The Balaban J connectivity index is 2.24. The second-order valence-electron chi connectivity index (χ2n) is 4.19. The van der Waals surface area contributed by atoms with Crippen LogP contribution < -0.4 is 10.5 Å². The van der Waals surface area contributed by atoms with E-state index < -0.39 is 0 Å². The smallest absolute Gasteiger partial charge is 0.173 e. The van der Waals surface area contributed by atoms with Crippen LogP contribution in [0.3, 0.4) is 0 Å². The first kappa shape index (κ1) is 10.8. The van der Waals surface area contributed by atoms with Gasteiger partial charge in [-0.2, -0.15) is 0 Å². The standard InChI is InChI=1S/C12H16N2O2/c1-8-3-2-4-10(12(13)14-15)11(8)16-7-9-5-6-9/h2-4,9,15H,5-7H2,1H3,(H2,13,14). The molecule has 0 amide bonds. The number of para-hydroxylation sites is 1. The van der Waals surface area contributed by atoms with Gasteiger partial charge in [-0.25, -0.2) is 0 Å². The zero-order chi connectivity index (χ0) is 11.5. The average molecular weight is 220 g/mol. The normalized spacial score (nSPS) is 16.2. The fraction of sp³-hybridized carbons (Fsp3) is 0.417. The number of nitrogens with two attached hydrogens (primary N) is 1. The number of oxime groups is 1. The van der Waals surface area contributed by atoms with E-state index in [1.54, 1.807) is 6.07 Å². The van der Waals surface area contributed by atoms with Crippen LogP contribution in [0.1, 0.15) is 24.0 Å². The van der Waals surface area contributed by atoms with Crippen molar-refractivity contribution in [3.05, 3.63) is 29.3 Å². The van der Waals surface area contributed by atoms with E-state index in [1.165, 1.54) is 12.8 Å². The highest BCUT2D eigenvalue weighted by molar-refractivity contribution is 5.99. The molecule has 86 valence electrons. The van der Waals surface area contributed by atoms with Crippen molar-refractivity contribution in [1.82, 2.24) is 0 Å². The van der Waals surface area contributed by atoms with Gasteiger partial charge in [0.25, 0.3) is 0 Å². The van der Waals surface area contributed by atoms with Crippen LogP contribution in [-0.4, -0.2) is 17.6 Å². The molecule has 0 radical (unpaired) electrons. The van der Waals surface area contributed by atoms with Crippen LogP contribution in [0.25, 0.3) is 0 Å². The van der Waals surface area contributed by atoms with Crippen LogP contribution in [0.15, 0.2) is 23.4 Å². The fourth-order valence-electron chi connectivity index (χ4n) is 1.59. The number of benzene rings is 1. The summed E-state index contributed by atoms with van der Waals surface area (Å²) in [6.45, 7) is 2.67. The summed E-state index contributed by atoms with van der Waals surface area (Å²) in [6, 6.07) is 5.62. The van der Waals surface area contributed by atoms with Crippen LogP contribution in [-0.2, 0) is 0 Å². The topological polar surface area (TPSA) is 67.8 Å². The molecule has 0 aliphatic heterocycles. The maximum atomic E-state index is 8.70. The number of aryl methyl sites for hydroxylation is 1. The van der Waals surface area contributed by atoms with Crippen molar-refractivity contribution in [2.75, 3.05) is 6.61 Å². The lowest BCUT2D eigenvalue weighted by Crippen LogP contribution is -2.16. The van der Waals surface area contributed by atoms with Crippen molar-refractivity contribution in [3.63, 3.8) is 0 Å². The molecule has 1 aromatic carbocycles. The van der Waals surface area contributed by atoms with Gasteiger partial charge in [0.1, 0.15) is 5.75 Å². The molecule has 1 aromatic rings. The Bertz CT molecular complexity index is 411. The molecule has 0 unspecified atom stereocenters. The third kappa shape index (κ3) is 2.27. The minimum absolute atomic E-state index is 0.0921. The van der Waals surface area contributed by atoms with Crippen LogP contribution in [0.5, 0.6) is 5.75 Å². The molecule has 4 heteroatoms. The average Bonchev–Trinajstić information content (AvgIpc) is 3.10. The number of ether oxygens (including phenoxy) is 1. The zero-order valence-corrected chi connectivity index (χ0v) is 9.31. The molecule has 1 saturated carbocycles. The summed E-state index contributed by atoms with van der Waals surface area (Å²) in [6.07, 6.45) is 2.48. The lowest BCUT2D eigenvalue weighted by Gasteiger charge is -2.12. The lowest BCUT2D eigenvalue weighted by atomic mass is 10.1. The zero-order valence-electron chi connectivity index (χ0n) is 9.31. The van der Waals surface area contributed by atoms with Gasteiger partial charge in [-0.1, -0.05) is 17.3 Å². The number of amidine groups is 1. The highest BCUT2D eigenvalue weighted by Crippen LogP contribution is 2.31. The molecule has 2 rings (SSSR count). The minimum atomic E-state index is 0.0921. The van der Waals surface area contributed by atoms with Gasteiger partial charge < -0.3 is 15.7 Å². The van der Waals surface area contributed by atoms with E-state index in [0.29, 0.717) is 11.5 Å². The first-order chi connectivity index (χ1) is 7.72. The molecule has 1 aliphatic rings. The fourth-order valence-corrected chi connectivity index (χ4v) is 1.59. The van der Waals surface area contributed by atoms with Crippen LogP contribution in [0.4, 0.5) is 0 Å². The molecular weight excluding hydrogens is 204 g/mol. The number of hydrogen-bond donors (Lipinski definition) is 2. The van der Waals surface area contributed by atoms with Gasteiger partial charge in [0.2, 0.25) is 0 Å². The molecular formula is C12H16N2O2. The molecule has 4 nitrogen and oxygen atoms in total. The molecule has 0 saturated heterocycles. The quantitative estimate of drug-likeness (QED) is 0.352. The van der Waals surface area contributed by atoms with Crippen molar-refractivity contribution in [2.24, 2.45) is 16.8 Å². The third-order valence-corrected chi connectivity index (χ3v) is 2.76. The Morgan fingerprint density at radius 2 is 2.31 bits per heavy atom. The molecule has 0 bridgehead atoms. The van der Waals surface area contributed by atoms with Crippen molar-refractivity contribution in [2.45, 2.75) is 19.8 Å². The van der Waals surface area contributed by atoms with E-state index in [9.17, 15) is 0 Å². The van der Waals surface area contributed by atoms with Gasteiger partial charge in [-0.3, -0.25) is 0 Å². The Labute approximate surface area is 94.7 Å². The second kappa shape index (κ2) is 4.43.